The molecule has 9 nitrogen and oxygen atoms in total. The minimum atomic E-state index is -4.76. The summed E-state index contributed by atoms with van der Waals surface area (Å²) in [6.45, 7) is 0.636. The quantitative estimate of drug-likeness (QED) is 0.161. The Morgan fingerprint density at radius 1 is 0.929 bits per heavy atom. The zero-order chi connectivity index (χ0) is 29.5. The lowest BCUT2D eigenvalue weighted by molar-refractivity contribution is -0.274. The van der Waals surface area contributed by atoms with E-state index in [-0.39, 0.29) is 24.1 Å². The zero-order valence-electron chi connectivity index (χ0n) is 21.7. The van der Waals surface area contributed by atoms with Crippen LogP contribution in [0.2, 0.25) is 5.02 Å². The summed E-state index contributed by atoms with van der Waals surface area (Å²) in [4.78, 5) is 21.0. The molecule has 2 heterocycles. The number of nitrogens with one attached hydrogen (secondary N) is 3. The number of rotatable bonds is 10. The maximum absolute atomic E-state index is 12.4. The molecule has 5 aromatic rings. The molecule has 0 radical (unpaired) electrons. The summed E-state index contributed by atoms with van der Waals surface area (Å²) in [5, 5.41) is 13.6. The number of anilines is 3. The van der Waals surface area contributed by atoms with E-state index in [0.717, 1.165) is 5.56 Å². The predicted molar refractivity (Wildman–Crippen MR) is 151 cm³/mol. The minimum Gasteiger partial charge on any atom is -0.406 e. The summed E-state index contributed by atoms with van der Waals surface area (Å²) in [5.41, 5.74) is 3.35. The number of alkyl halides is 3. The molecule has 0 bridgehead atoms. The molecule has 0 fully saturated rings. The van der Waals surface area contributed by atoms with Crippen LogP contribution in [0.5, 0.6) is 5.75 Å². The van der Waals surface area contributed by atoms with Crippen LogP contribution in [-0.2, 0) is 11.3 Å². The van der Waals surface area contributed by atoms with Gasteiger partial charge in [0.05, 0.1) is 6.54 Å². The van der Waals surface area contributed by atoms with E-state index in [1.807, 2.05) is 18.2 Å². The molecule has 214 valence electrons. The molecule has 0 unspecified atom stereocenters. The van der Waals surface area contributed by atoms with Gasteiger partial charge in [-0.1, -0.05) is 28.9 Å². The standard InChI is InChI=1S/C29H22ClF3N6O3/c30-21-3-1-2-18(14-21)16-34-17-26(40)37-23-6-4-19(5-7-23)28-38-27(39-42-28)20-12-13-35-25(15-20)36-22-8-10-24(11-9-22)41-29(31,32)33/h1-15,34H,16-17H2,(H,35,36)(H,37,40). The molecule has 13 heteroatoms. The van der Waals surface area contributed by atoms with E-state index in [1.165, 1.54) is 30.5 Å². The summed E-state index contributed by atoms with van der Waals surface area (Å²) < 4.78 is 46.4. The molecule has 3 N–H and O–H groups in total. The summed E-state index contributed by atoms with van der Waals surface area (Å²) in [5.74, 6) is 0.486. The molecule has 0 spiro atoms. The first-order chi connectivity index (χ1) is 20.2. The van der Waals surface area contributed by atoms with E-state index >= 15 is 0 Å². The maximum atomic E-state index is 12.4. The second kappa shape index (κ2) is 12.7. The fourth-order valence-corrected chi connectivity index (χ4v) is 4.07. The van der Waals surface area contributed by atoms with Crippen LogP contribution in [0.1, 0.15) is 5.56 Å². The molecule has 0 atom stereocenters. The van der Waals surface area contributed by atoms with Gasteiger partial charge in [0, 0.05) is 40.3 Å². The van der Waals surface area contributed by atoms with E-state index in [1.54, 1.807) is 42.5 Å². The molecule has 2 aromatic heterocycles. The average Bonchev–Trinajstić information content (AvgIpc) is 3.45. The number of hydrogen-bond acceptors (Lipinski definition) is 8. The van der Waals surface area contributed by atoms with E-state index in [9.17, 15) is 18.0 Å². The number of pyridine rings is 1. The van der Waals surface area contributed by atoms with Crippen molar-refractivity contribution in [3.05, 3.63) is 102 Å². The molecule has 3 aromatic carbocycles. The van der Waals surface area contributed by atoms with Crippen molar-refractivity contribution in [1.29, 1.82) is 0 Å². The van der Waals surface area contributed by atoms with Gasteiger partial charge in [-0.3, -0.25) is 4.79 Å². The van der Waals surface area contributed by atoms with Crippen LogP contribution in [0.25, 0.3) is 22.8 Å². The van der Waals surface area contributed by atoms with Gasteiger partial charge >= 0.3 is 6.36 Å². The van der Waals surface area contributed by atoms with Gasteiger partial charge in [-0.2, -0.15) is 4.98 Å². The van der Waals surface area contributed by atoms with Crippen molar-refractivity contribution in [1.82, 2.24) is 20.4 Å². The number of ether oxygens (including phenoxy) is 1. The highest BCUT2D eigenvalue weighted by Crippen LogP contribution is 2.27. The number of amides is 1. The summed E-state index contributed by atoms with van der Waals surface area (Å²) in [6.07, 6.45) is -3.22. The maximum Gasteiger partial charge on any atom is 0.573 e. The number of hydrogen-bond donors (Lipinski definition) is 3. The third-order valence-electron chi connectivity index (χ3n) is 5.72. The van der Waals surface area contributed by atoms with E-state index in [4.69, 9.17) is 16.1 Å². The summed E-state index contributed by atoms with van der Waals surface area (Å²) in [7, 11) is 0. The number of benzene rings is 3. The van der Waals surface area contributed by atoms with E-state index < -0.39 is 6.36 Å². The highest BCUT2D eigenvalue weighted by Gasteiger charge is 2.31. The van der Waals surface area contributed by atoms with Crippen molar-refractivity contribution in [2.45, 2.75) is 12.9 Å². The highest BCUT2D eigenvalue weighted by atomic mass is 35.5. The lowest BCUT2D eigenvalue weighted by Gasteiger charge is -2.10. The Morgan fingerprint density at radius 2 is 1.69 bits per heavy atom. The molecule has 42 heavy (non-hydrogen) atoms. The van der Waals surface area contributed by atoms with E-state index in [2.05, 4.69) is 35.8 Å². The molecule has 0 saturated carbocycles. The van der Waals surface area contributed by atoms with Gasteiger partial charge in [0.1, 0.15) is 11.6 Å². The number of halogens is 4. The molecule has 1 amide bonds. The summed E-state index contributed by atoms with van der Waals surface area (Å²) in [6, 6.07) is 23.0. The Labute approximate surface area is 242 Å². The number of nitrogens with zero attached hydrogens (tertiary/aromatic N) is 3. The second-order valence-corrected chi connectivity index (χ2v) is 9.35. The van der Waals surface area contributed by atoms with Gasteiger partial charge < -0.3 is 25.2 Å². The van der Waals surface area contributed by atoms with Crippen LogP contribution in [0.3, 0.4) is 0 Å². The number of aromatic nitrogens is 3. The normalized spacial score (nSPS) is 11.2. The fraction of sp³-hybridized carbons (Fsp3) is 0.103. The van der Waals surface area contributed by atoms with Crippen molar-refractivity contribution in [3.8, 4) is 28.6 Å². The van der Waals surface area contributed by atoms with Crippen LogP contribution in [0.15, 0.2) is 95.6 Å². The van der Waals surface area contributed by atoms with Gasteiger partial charge in [-0.05, 0) is 78.4 Å². The van der Waals surface area contributed by atoms with Crippen molar-refractivity contribution in [3.63, 3.8) is 0 Å². The van der Waals surface area contributed by atoms with Crippen molar-refractivity contribution in [2.24, 2.45) is 0 Å². The number of carbonyl (C=O) groups excluding carboxylic acids is 1. The van der Waals surface area contributed by atoms with Gasteiger partial charge in [0.15, 0.2) is 0 Å². The molecule has 0 saturated heterocycles. The largest absolute Gasteiger partial charge is 0.573 e. The predicted octanol–water partition coefficient (Wildman–Crippen LogP) is 6.82. The molecule has 0 aliphatic rings. The molecular formula is C29H22ClF3N6O3. The Morgan fingerprint density at radius 3 is 2.43 bits per heavy atom. The van der Waals surface area contributed by atoms with Crippen molar-refractivity contribution < 1.29 is 27.2 Å². The number of carbonyl (C=O) groups is 1. The first kappa shape index (κ1) is 28.6. The Balaban J connectivity index is 1.16. The van der Waals surface area contributed by atoms with Crippen molar-refractivity contribution >= 4 is 34.7 Å². The average molecular weight is 595 g/mol. The van der Waals surface area contributed by atoms with Crippen LogP contribution in [-0.4, -0.2) is 33.9 Å². The lowest BCUT2D eigenvalue weighted by Crippen LogP contribution is -2.27. The van der Waals surface area contributed by atoms with Crippen LogP contribution < -0.4 is 20.7 Å². The SMILES string of the molecule is O=C(CNCc1cccc(Cl)c1)Nc1ccc(-c2nc(-c3ccnc(Nc4ccc(OC(F)(F)F)cc4)c3)no2)cc1. The molecule has 5 rings (SSSR count). The molecular weight excluding hydrogens is 573 g/mol. The smallest absolute Gasteiger partial charge is 0.406 e. The van der Waals surface area contributed by atoms with Gasteiger partial charge in [0.2, 0.25) is 11.7 Å². The van der Waals surface area contributed by atoms with Crippen molar-refractivity contribution in [2.75, 3.05) is 17.2 Å². The summed E-state index contributed by atoms with van der Waals surface area (Å²) >= 11 is 5.98. The molecule has 0 aliphatic carbocycles. The topological polar surface area (TPSA) is 114 Å². The molecule has 0 aliphatic heterocycles. The Kier molecular flexibility index (Phi) is 8.65. The highest BCUT2D eigenvalue weighted by molar-refractivity contribution is 6.30. The minimum absolute atomic E-state index is 0.127. The Hall–Kier alpha value is -4.94. The fourth-order valence-electron chi connectivity index (χ4n) is 3.85. The third kappa shape index (κ3) is 8.05. The van der Waals surface area contributed by atoms with Crippen LogP contribution >= 0.6 is 11.6 Å². The second-order valence-electron chi connectivity index (χ2n) is 8.91. The lowest BCUT2D eigenvalue weighted by atomic mass is 10.2. The first-order valence-electron chi connectivity index (χ1n) is 12.5. The van der Waals surface area contributed by atoms with E-state index in [0.29, 0.717) is 45.7 Å². The van der Waals surface area contributed by atoms with Crippen LogP contribution in [0.4, 0.5) is 30.4 Å². The van der Waals surface area contributed by atoms with Crippen LogP contribution in [0, 0.1) is 0 Å². The zero-order valence-corrected chi connectivity index (χ0v) is 22.4. The van der Waals surface area contributed by atoms with Gasteiger partial charge in [-0.15, -0.1) is 13.2 Å². The Bertz CT molecular complexity index is 1660. The van der Waals surface area contributed by atoms with Gasteiger partial charge in [0.25, 0.3) is 5.89 Å². The monoisotopic (exact) mass is 594 g/mol. The van der Waals surface area contributed by atoms with Gasteiger partial charge in [-0.25, -0.2) is 4.98 Å². The third-order valence-corrected chi connectivity index (χ3v) is 5.96. The first-order valence-corrected chi connectivity index (χ1v) is 12.9.